The number of aliphatic hydroxyl groups excluding tert-OH is 1. The van der Waals surface area contributed by atoms with Crippen LogP contribution in [0.4, 0.5) is 5.69 Å². The third-order valence-corrected chi connectivity index (χ3v) is 3.61. The Kier molecular flexibility index (Phi) is 5.81. The molecule has 0 saturated heterocycles. The number of amides is 1. The van der Waals surface area contributed by atoms with Crippen molar-refractivity contribution in [3.8, 4) is 0 Å². The second-order valence-corrected chi connectivity index (χ2v) is 5.36. The van der Waals surface area contributed by atoms with Crippen LogP contribution in [-0.4, -0.2) is 17.6 Å². The van der Waals surface area contributed by atoms with Crippen LogP contribution in [0, 0.1) is 0 Å². The van der Waals surface area contributed by atoms with Crippen molar-refractivity contribution in [2.24, 2.45) is 0 Å². The van der Waals surface area contributed by atoms with Crippen molar-refractivity contribution in [3.63, 3.8) is 0 Å². The van der Waals surface area contributed by atoms with Gasteiger partial charge in [0.25, 0.3) is 0 Å². The Labute approximate surface area is 120 Å². The molecule has 2 N–H and O–H groups in total. The molecule has 0 bridgehead atoms. The highest BCUT2D eigenvalue weighted by molar-refractivity contribution is 5.92. The Balaban J connectivity index is 1.88. The summed E-state index contributed by atoms with van der Waals surface area (Å²) in [7, 11) is 0. The fraction of sp³-hybridized carbons (Fsp3) is 0.471. The van der Waals surface area contributed by atoms with Crippen molar-refractivity contribution in [1.29, 1.82) is 0 Å². The number of carbonyl (C=O) groups excluding carboxylic acids is 1. The molecule has 0 heterocycles. The van der Waals surface area contributed by atoms with Gasteiger partial charge in [0.15, 0.2) is 0 Å². The number of hydrogen-bond acceptors (Lipinski definition) is 2. The first-order valence-electron chi connectivity index (χ1n) is 7.45. The number of benzene rings is 1. The molecule has 1 aromatic carbocycles. The summed E-state index contributed by atoms with van der Waals surface area (Å²) in [6.07, 6.45) is 8.94. The number of allylic oxidation sites excluding steroid dienone is 1. The number of hydrogen-bond donors (Lipinski definition) is 2. The van der Waals surface area contributed by atoms with Gasteiger partial charge in [0.05, 0.1) is 0 Å². The van der Waals surface area contributed by atoms with Crippen molar-refractivity contribution >= 4 is 11.6 Å². The van der Waals surface area contributed by atoms with E-state index in [9.17, 15) is 4.79 Å². The average molecular weight is 273 g/mol. The largest absolute Gasteiger partial charge is 0.396 e. The van der Waals surface area contributed by atoms with E-state index in [0.717, 1.165) is 36.9 Å². The number of aliphatic hydroxyl groups is 1. The van der Waals surface area contributed by atoms with E-state index in [-0.39, 0.29) is 12.5 Å². The van der Waals surface area contributed by atoms with E-state index in [4.69, 9.17) is 5.11 Å². The zero-order valence-electron chi connectivity index (χ0n) is 11.9. The summed E-state index contributed by atoms with van der Waals surface area (Å²) in [6, 6.07) is 7.87. The summed E-state index contributed by atoms with van der Waals surface area (Å²) in [5.41, 5.74) is 3.26. The van der Waals surface area contributed by atoms with Gasteiger partial charge in [0, 0.05) is 18.7 Å². The minimum absolute atomic E-state index is 0.0671. The molecule has 0 unspecified atom stereocenters. The highest BCUT2D eigenvalue weighted by Crippen LogP contribution is 2.21. The van der Waals surface area contributed by atoms with E-state index >= 15 is 0 Å². The highest BCUT2D eigenvalue weighted by Gasteiger charge is 2.09. The van der Waals surface area contributed by atoms with E-state index in [1.54, 1.807) is 0 Å². The lowest BCUT2D eigenvalue weighted by Crippen LogP contribution is -2.13. The molecule has 0 aliphatic heterocycles. The molecule has 0 saturated carbocycles. The fourth-order valence-electron chi connectivity index (χ4n) is 2.56. The van der Waals surface area contributed by atoms with Gasteiger partial charge >= 0.3 is 0 Å². The maximum Gasteiger partial charge on any atom is 0.228 e. The number of nitrogens with one attached hydrogen (secondary N) is 1. The molecular formula is C17H23NO2. The minimum atomic E-state index is 0.0671. The summed E-state index contributed by atoms with van der Waals surface area (Å²) >= 11 is 0. The predicted molar refractivity (Wildman–Crippen MR) is 81.6 cm³/mol. The van der Waals surface area contributed by atoms with Crippen LogP contribution in [0.5, 0.6) is 0 Å². The van der Waals surface area contributed by atoms with Crippen molar-refractivity contribution in [3.05, 3.63) is 41.5 Å². The van der Waals surface area contributed by atoms with Crippen molar-refractivity contribution < 1.29 is 9.90 Å². The van der Waals surface area contributed by atoms with E-state index in [0.29, 0.717) is 6.42 Å². The number of carbonyl (C=O) groups is 1. The smallest absolute Gasteiger partial charge is 0.228 e. The van der Waals surface area contributed by atoms with Crippen molar-refractivity contribution in [2.75, 3.05) is 11.9 Å². The first-order valence-corrected chi connectivity index (χ1v) is 7.45. The first-order chi connectivity index (χ1) is 9.78. The molecule has 2 rings (SSSR count). The van der Waals surface area contributed by atoms with Gasteiger partial charge in [-0.25, -0.2) is 0 Å². The van der Waals surface area contributed by atoms with Crippen LogP contribution in [0.1, 0.15) is 44.1 Å². The highest BCUT2D eigenvalue weighted by atomic mass is 16.2. The SMILES string of the molecule is O=C(CC1=CCCCC1)Nc1cccc(CCCO)c1. The lowest BCUT2D eigenvalue weighted by molar-refractivity contribution is -0.115. The van der Waals surface area contributed by atoms with Gasteiger partial charge in [-0.1, -0.05) is 23.8 Å². The molecule has 108 valence electrons. The fourth-order valence-corrected chi connectivity index (χ4v) is 2.56. The summed E-state index contributed by atoms with van der Waals surface area (Å²) in [5.74, 6) is 0.0671. The lowest BCUT2D eigenvalue weighted by atomic mass is 9.97. The van der Waals surface area contributed by atoms with Crippen LogP contribution in [0.15, 0.2) is 35.9 Å². The van der Waals surface area contributed by atoms with Gasteiger partial charge < -0.3 is 10.4 Å². The zero-order chi connectivity index (χ0) is 14.2. The quantitative estimate of drug-likeness (QED) is 0.780. The molecule has 0 aromatic heterocycles. The van der Waals surface area contributed by atoms with Crippen LogP contribution in [0.25, 0.3) is 0 Å². The van der Waals surface area contributed by atoms with Gasteiger partial charge in [0.2, 0.25) is 5.91 Å². The molecular weight excluding hydrogens is 250 g/mol. The molecule has 0 fully saturated rings. The first kappa shape index (κ1) is 14.8. The van der Waals surface area contributed by atoms with Crippen molar-refractivity contribution in [1.82, 2.24) is 0 Å². The van der Waals surface area contributed by atoms with Crippen LogP contribution >= 0.6 is 0 Å². The van der Waals surface area contributed by atoms with E-state index < -0.39 is 0 Å². The Morgan fingerprint density at radius 1 is 1.30 bits per heavy atom. The van der Waals surface area contributed by atoms with Gasteiger partial charge in [-0.15, -0.1) is 0 Å². The average Bonchev–Trinajstić information content (AvgIpc) is 2.46. The van der Waals surface area contributed by atoms with Gasteiger partial charge in [0.1, 0.15) is 0 Å². The summed E-state index contributed by atoms with van der Waals surface area (Å²) in [5, 5.41) is 11.8. The Morgan fingerprint density at radius 2 is 2.20 bits per heavy atom. The van der Waals surface area contributed by atoms with Gasteiger partial charge in [-0.3, -0.25) is 4.79 Å². The molecule has 3 nitrogen and oxygen atoms in total. The number of aryl methyl sites for hydroxylation is 1. The molecule has 0 atom stereocenters. The van der Waals surface area contributed by atoms with Crippen LogP contribution < -0.4 is 5.32 Å². The summed E-state index contributed by atoms with van der Waals surface area (Å²) in [6.45, 7) is 0.199. The third kappa shape index (κ3) is 4.82. The van der Waals surface area contributed by atoms with Crippen molar-refractivity contribution in [2.45, 2.75) is 44.9 Å². The maximum absolute atomic E-state index is 12.0. The molecule has 1 amide bonds. The molecule has 0 radical (unpaired) electrons. The molecule has 3 heteroatoms. The lowest BCUT2D eigenvalue weighted by Gasteiger charge is -2.13. The zero-order valence-corrected chi connectivity index (χ0v) is 11.9. The molecule has 0 spiro atoms. The monoisotopic (exact) mass is 273 g/mol. The summed E-state index contributed by atoms with van der Waals surface area (Å²) in [4.78, 5) is 12.0. The minimum Gasteiger partial charge on any atom is -0.396 e. The molecule has 20 heavy (non-hydrogen) atoms. The molecule has 1 aliphatic carbocycles. The predicted octanol–water partition coefficient (Wildman–Crippen LogP) is 3.44. The standard InChI is InChI=1S/C17H23NO2/c19-11-5-9-14-8-4-10-16(12-14)18-17(20)13-15-6-2-1-3-7-15/h4,6,8,10,12,19H,1-3,5,7,9,11,13H2,(H,18,20). The van der Waals surface area contributed by atoms with Gasteiger partial charge in [-0.05, 0) is 56.2 Å². The molecule has 1 aliphatic rings. The third-order valence-electron chi connectivity index (χ3n) is 3.61. The number of rotatable bonds is 6. The van der Waals surface area contributed by atoms with Gasteiger partial charge in [-0.2, -0.15) is 0 Å². The van der Waals surface area contributed by atoms with Crippen LogP contribution in [0.2, 0.25) is 0 Å². The Hall–Kier alpha value is -1.61. The molecule has 1 aromatic rings. The summed E-state index contributed by atoms with van der Waals surface area (Å²) < 4.78 is 0. The second-order valence-electron chi connectivity index (χ2n) is 5.36. The van der Waals surface area contributed by atoms with E-state index in [1.165, 1.54) is 18.4 Å². The Bertz CT molecular complexity index is 480. The second kappa shape index (κ2) is 7.85. The number of anilines is 1. The van der Waals surface area contributed by atoms with E-state index in [1.807, 2.05) is 24.3 Å². The topological polar surface area (TPSA) is 49.3 Å². The Morgan fingerprint density at radius 3 is 2.95 bits per heavy atom. The van der Waals surface area contributed by atoms with Crippen LogP contribution in [-0.2, 0) is 11.2 Å². The van der Waals surface area contributed by atoms with E-state index in [2.05, 4.69) is 11.4 Å². The normalized spacial score (nSPS) is 14.8. The maximum atomic E-state index is 12.0. The van der Waals surface area contributed by atoms with Crippen LogP contribution in [0.3, 0.4) is 0 Å².